The second kappa shape index (κ2) is 9.20. The Bertz CT molecular complexity index is 677. The number of hydrogen-bond donors (Lipinski definition) is 2. The molecule has 1 aromatic rings. The van der Waals surface area contributed by atoms with Crippen LogP contribution in [0.4, 0.5) is 11.6 Å². The molecule has 27 heavy (non-hydrogen) atoms. The van der Waals surface area contributed by atoms with Crippen LogP contribution >= 0.6 is 0 Å². The van der Waals surface area contributed by atoms with E-state index >= 15 is 0 Å². The zero-order valence-corrected chi connectivity index (χ0v) is 16.9. The van der Waals surface area contributed by atoms with E-state index in [4.69, 9.17) is 0 Å². The molecular weight excluding hydrogens is 338 g/mol. The van der Waals surface area contributed by atoms with Crippen molar-refractivity contribution < 1.29 is 4.79 Å². The Morgan fingerprint density at radius 3 is 2.56 bits per heavy atom. The van der Waals surface area contributed by atoms with Crippen molar-refractivity contribution in [1.29, 1.82) is 0 Å². The average molecular weight is 372 g/mol. The molecule has 2 aliphatic carbocycles. The Labute approximate surface area is 162 Å². The largest absolute Gasteiger partial charge is 0.367 e. The first-order valence-electron chi connectivity index (χ1n) is 10.3. The molecule has 1 fully saturated rings. The van der Waals surface area contributed by atoms with Crippen molar-refractivity contribution in [3.8, 4) is 0 Å². The van der Waals surface area contributed by atoms with E-state index in [0.717, 1.165) is 56.0 Å². The van der Waals surface area contributed by atoms with E-state index in [1.54, 1.807) is 0 Å². The second-order valence-electron chi connectivity index (χ2n) is 8.10. The summed E-state index contributed by atoms with van der Waals surface area (Å²) in [4.78, 5) is 23.3. The van der Waals surface area contributed by atoms with Crippen molar-refractivity contribution >= 4 is 17.5 Å². The van der Waals surface area contributed by atoms with Gasteiger partial charge in [-0.1, -0.05) is 11.6 Å². The van der Waals surface area contributed by atoms with Gasteiger partial charge in [0, 0.05) is 38.7 Å². The minimum Gasteiger partial charge on any atom is -0.367 e. The van der Waals surface area contributed by atoms with Gasteiger partial charge in [0.2, 0.25) is 5.91 Å². The van der Waals surface area contributed by atoms with Crippen LogP contribution in [0, 0.1) is 6.92 Å². The number of rotatable bonds is 6. The highest BCUT2D eigenvalue weighted by molar-refractivity contribution is 5.78. The summed E-state index contributed by atoms with van der Waals surface area (Å²) in [6.45, 7) is 1.92. The van der Waals surface area contributed by atoms with E-state index in [2.05, 4.69) is 26.7 Å². The van der Waals surface area contributed by atoms with Crippen molar-refractivity contribution in [1.82, 2.24) is 15.3 Å². The van der Waals surface area contributed by atoms with Crippen LogP contribution in [-0.4, -0.2) is 42.1 Å². The van der Waals surface area contributed by atoms with E-state index in [1.807, 2.05) is 32.0 Å². The molecule has 2 aliphatic rings. The summed E-state index contributed by atoms with van der Waals surface area (Å²) < 4.78 is 0. The smallest absolute Gasteiger partial charge is 0.224 e. The summed E-state index contributed by atoms with van der Waals surface area (Å²) in [7, 11) is 3.98. The first-order chi connectivity index (χ1) is 13.0. The van der Waals surface area contributed by atoms with Gasteiger partial charge < -0.3 is 15.5 Å². The number of anilines is 2. The van der Waals surface area contributed by atoms with Crippen LogP contribution in [0.3, 0.4) is 0 Å². The molecular formula is C21H33N5O. The molecule has 3 rings (SSSR count). The highest BCUT2D eigenvalue weighted by Gasteiger charge is 2.23. The normalized spacial score (nSPS) is 22.7. The molecule has 6 nitrogen and oxygen atoms in total. The van der Waals surface area contributed by atoms with Crippen LogP contribution in [0.25, 0.3) is 0 Å². The molecule has 0 spiro atoms. The van der Waals surface area contributed by atoms with Gasteiger partial charge in [0.15, 0.2) is 0 Å². The SMILES string of the molecule is Cc1nc(NC2CCC(NC(=O)CC3=CCCCC3)CC2)cc(N(C)C)n1. The second-order valence-corrected chi connectivity index (χ2v) is 8.10. The monoisotopic (exact) mass is 371 g/mol. The standard InChI is InChI=1S/C21H33N5O/c1-15-22-19(14-20(23-15)26(2)3)24-17-9-11-18(12-10-17)25-21(27)13-16-7-5-4-6-8-16/h7,14,17-18H,4-6,8-13H2,1-3H3,(H,25,27)(H,22,23,24). The molecule has 1 heterocycles. The van der Waals surface area contributed by atoms with Crippen LogP contribution in [0.5, 0.6) is 0 Å². The lowest BCUT2D eigenvalue weighted by molar-refractivity contribution is -0.121. The van der Waals surface area contributed by atoms with Gasteiger partial charge in [-0.05, 0) is 58.3 Å². The van der Waals surface area contributed by atoms with E-state index < -0.39 is 0 Å². The van der Waals surface area contributed by atoms with Gasteiger partial charge in [-0.2, -0.15) is 0 Å². The molecule has 0 aliphatic heterocycles. The number of amides is 1. The molecule has 2 N–H and O–H groups in total. The summed E-state index contributed by atoms with van der Waals surface area (Å²) in [6, 6.07) is 2.71. The van der Waals surface area contributed by atoms with E-state index in [0.29, 0.717) is 18.5 Å². The zero-order valence-electron chi connectivity index (χ0n) is 16.9. The molecule has 0 unspecified atom stereocenters. The third-order valence-electron chi connectivity index (χ3n) is 5.50. The highest BCUT2D eigenvalue weighted by atomic mass is 16.1. The predicted molar refractivity (Wildman–Crippen MR) is 110 cm³/mol. The molecule has 1 aromatic heterocycles. The number of aryl methyl sites for hydroxylation is 1. The number of nitrogens with zero attached hydrogens (tertiary/aromatic N) is 3. The first-order valence-corrected chi connectivity index (χ1v) is 10.3. The molecule has 0 radical (unpaired) electrons. The van der Waals surface area contributed by atoms with Gasteiger partial charge >= 0.3 is 0 Å². The summed E-state index contributed by atoms with van der Waals surface area (Å²) in [5.74, 6) is 2.79. The minimum absolute atomic E-state index is 0.196. The maximum Gasteiger partial charge on any atom is 0.224 e. The van der Waals surface area contributed by atoms with Crippen LogP contribution in [0.1, 0.15) is 63.6 Å². The number of allylic oxidation sites excluding steroid dienone is 1. The van der Waals surface area contributed by atoms with Crippen LogP contribution in [0.2, 0.25) is 0 Å². The zero-order chi connectivity index (χ0) is 19.2. The fraction of sp³-hybridized carbons (Fsp3) is 0.667. The maximum atomic E-state index is 12.3. The Hall–Kier alpha value is -2.11. The molecule has 1 saturated carbocycles. The Kier molecular flexibility index (Phi) is 6.69. The molecule has 0 atom stereocenters. The Balaban J connectivity index is 1.45. The predicted octanol–water partition coefficient (Wildman–Crippen LogP) is 3.58. The number of nitrogens with one attached hydrogen (secondary N) is 2. The fourth-order valence-electron chi connectivity index (χ4n) is 4.00. The van der Waals surface area contributed by atoms with Crippen molar-refractivity contribution in [2.45, 2.75) is 76.8 Å². The van der Waals surface area contributed by atoms with Gasteiger partial charge in [-0.3, -0.25) is 4.79 Å². The lowest BCUT2D eigenvalue weighted by Gasteiger charge is -2.30. The van der Waals surface area contributed by atoms with E-state index in [9.17, 15) is 4.79 Å². The quantitative estimate of drug-likeness (QED) is 0.748. The Morgan fingerprint density at radius 2 is 1.89 bits per heavy atom. The molecule has 0 bridgehead atoms. The maximum absolute atomic E-state index is 12.3. The molecule has 0 aromatic carbocycles. The summed E-state index contributed by atoms with van der Waals surface area (Å²) in [5, 5.41) is 6.80. The molecule has 1 amide bonds. The van der Waals surface area contributed by atoms with Crippen molar-refractivity contribution in [3.63, 3.8) is 0 Å². The van der Waals surface area contributed by atoms with E-state index in [-0.39, 0.29) is 5.91 Å². The number of aromatic nitrogens is 2. The highest BCUT2D eigenvalue weighted by Crippen LogP contribution is 2.24. The lowest BCUT2D eigenvalue weighted by Crippen LogP contribution is -2.40. The number of carbonyl (C=O) groups excluding carboxylic acids is 1. The van der Waals surface area contributed by atoms with Gasteiger partial charge in [0.1, 0.15) is 17.5 Å². The summed E-state index contributed by atoms with van der Waals surface area (Å²) in [5.41, 5.74) is 1.32. The molecule has 148 valence electrons. The number of hydrogen-bond acceptors (Lipinski definition) is 5. The van der Waals surface area contributed by atoms with Crippen LogP contribution in [-0.2, 0) is 4.79 Å². The van der Waals surface area contributed by atoms with Gasteiger partial charge in [-0.15, -0.1) is 0 Å². The number of carbonyl (C=O) groups is 1. The lowest BCUT2D eigenvalue weighted by atomic mass is 9.90. The van der Waals surface area contributed by atoms with Crippen LogP contribution < -0.4 is 15.5 Å². The summed E-state index contributed by atoms with van der Waals surface area (Å²) >= 11 is 0. The first kappa shape index (κ1) is 19.6. The third kappa shape index (κ3) is 5.94. The molecule has 0 saturated heterocycles. The van der Waals surface area contributed by atoms with Crippen molar-refractivity contribution in [2.24, 2.45) is 0 Å². The van der Waals surface area contributed by atoms with Crippen LogP contribution in [0.15, 0.2) is 17.7 Å². The van der Waals surface area contributed by atoms with Gasteiger partial charge in [0.05, 0.1) is 0 Å². The van der Waals surface area contributed by atoms with Crippen molar-refractivity contribution in [2.75, 3.05) is 24.3 Å². The van der Waals surface area contributed by atoms with Gasteiger partial charge in [0.25, 0.3) is 0 Å². The summed E-state index contributed by atoms with van der Waals surface area (Å²) in [6.07, 6.45) is 11.7. The minimum atomic E-state index is 0.196. The van der Waals surface area contributed by atoms with E-state index in [1.165, 1.54) is 18.4 Å². The molecule has 6 heteroatoms. The average Bonchev–Trinajstić information content (AvgIpc) is 2.63. The fourth-order valence-corrected chi connectivity index (χ4v) is 4.00. The topological polar surface area (TPSA) is 70.2 Å². The third-order valence-corrected chi connectivity index (χ3v) is 5.50. The van der Waals surface area contributed by atoms with Gasteiger partial charge in [-0.25, -0.2) is 9.97 Å². The van der Waals surface area contributed by atoms with Crippen molar-refractivity contribution in [3.05, 3.63) is 23.5 Å². The Morgan fingerprint density at radius 1 is 1.15 bits per heavy atom.